The molecule has 25 heavy (non-hydrogen) atoms. The van der Waals surface area contributed by atoms with Crippen molar-refractivity contribution in [3.63, 3.8) is 0 Å². The van der Waals surface area contributed by atoms with E-state index in [4.69, 9.17) is 28.6 Å². The number of halogens is 2. The average molecular weight is 394 g/mol. The zero-order valence-corrected chi connectivity index (χ0v) is 15.6. The molecule has 7 heteroatoms. The molecule has 1 amide bonds. The van der Waals surface area contributed by atoms with Gasteiger partial charge in [-0.3, -0.25) is 9.69 Å². The summed E-state index contributed by atoms with van der Waals surface area (Å²) in [6, 6.07) is 11.3. The van der Waals surface area contributed by atoms with E-state index in [0.29, 0.717) is 25.6 Å². The van der Waals surface area contributed by atoms with Crippen LogP contribution in [0.4, 0.5) is 4.39 Å². The Labute approximate surface area is 159 Å². The van der Waals surface area contributed by atoms with E-state index in [1.54, 1.807) is 43.5 Å². The number of carbonyl (C=O) groups excluding carboxylic acids is 1. The number of ether oxygens (including phenoxy) is 1. The Morgan fingerprint density at radius 3 is 2.64 bits per heavy atom. The highest BCUT2D eigenvalue weighted by molar-refractivity contribution is 8.26. The molecule has 0 atom stereocenters. The number of amides is 1. The Bertz CT molecular complexity index is 868. The summed E-state index contributed by atoms with van der Waals surface area (Å²) in [5.74, 6) is 0.132. The second-order valence-corrected chi connectivity index (χ2v) is 7.45. The van der Waals surface area contributed by atoms with Crippen LogP contribution in [0.25, 0.3) is 6.08 Å². The van der Waals surface area contributed by atoms with Gasteiger partial charge in [0.15, 0.2) is 0 Å². The summed E-state index contributed by atoms with van der Waals surface area (Å²) in [4.78, 5) is 14.1. The van der Waals surface area contributed by atoms with Crippen molar-refractivity contribution in [2.75, 3.05) is 7.05 Å². The number of likely N-dealkylation sites (N-methyl/N-ethyl adjacent to an activating group) is 1. The zero-order valence-electron chi connectivity index (χ0n) is 13.2. The largest absolute Gasteiger partial charge is 0.488 e. The van der Waals surface area contributed by atoms with E-state index >= 15 is 0 Å². The lowest BCUT2D eigenvalue weighted by atomic mass is 10.1. The van der Waals surface area contributed by atoms with Crippen LogP contribution in [0.2, 0.25) is 5.02 Å². The van der Waals surface area contributed by atoms with Crippen molar-refractivity contribution in [2.45, 2.75) is 6.61 Å². The number of rotatable bonds is 4. The van der Waals surface area contributed by atoms with Crippen LogP contribution < -0.4 is 4.74 Å². The zero-order chi connectivity index (χ0) is 18.0. The molecule has 0 N–H and O–H groups in total. The lowest BCUT2D eigenvalue weighted by Gasteiger charge is -2.10. The van der Waals surface area contributed by atoms with Crippen LogP contribution in [0.3, 0.4) is 0 Å². The molecule has 0 radical (unpaired) electrons. The van der Waals surface area contributed by atoms with Gasteiger partial charge in [0, 0.05) is 17.6 Å². The number of thiocarbonyl (C=S) groups is 1. The Hall–Kier alpha value is -1.89. The summed E-state index contributed by atoms with van der Waals surface area (Å²) >= 11 is 12.4. The summed E-state index contributed by atoms with van der Waals surface area (Å²) in [6.07, 6.45) is 1.72. The highest BCUT2D eigenvalue weighted by atomic mass is 35.5. The third-order valence-corrected chi connectivity index (χ3v) is 5.27. The lowest BCUT2D eigenvalue weighted by Crippen LogP contribution is -2.22. The second-order valence-electron chi connectivity index (χ2n) is 5.34. The summed E-state index contributed by atoms with van der Waals surface area (Å²) in [7, 11) is 1.64. The Morgan fingerprint density at radius 1 is 1.28 bits per heavy atom. The average Bonchev–Trinajstić information content (AvgIpc) is 2.83. The van der Waals surface area contributed by atoms with Crippen molar-refractivity contribution in [3.8, 4) is 5.75 Å². The van der Waals surface area contributed by atoms with E-state index < -0.39 is 0 Å². The molecule has 0 saturated carbocycles. The molecular weight excluding hydrogens is 381 g/mol. The monoisotopic (exact) mass is 393 g/mol. The maximum absolute atomic E-state index is 13.0. The van der Waals surface area contributed by atoms with Crippen molar-refractivity contribution in [1.29, 1.82) is 0 Å². The van der Waals surface area contributed by atoms with E-state index in [1.807, 2.05) is 0 Å². The quantitative estimate of drug-likeness (QED) is 0.546. The standard InChI is InChI=1S/C18H13ClFNO2S2/c1-21-17(22)16(25-18(21)24)9-12-8-13(19)4-7-15(12)23-10-11-2-5-14(20)6-3-11/h2-9H,10H2,1H3/b16-9+. The van der Waals surface area contributed by atoms with Gasteiger partial charge in [0.05, 0.1) is 4.91 Å². The summed E-state index contributed by atoms with van der Waals surface area (Å²) in [5.41, 5.74) is 1.52. The van der Waals surface area contributed by atoms with Gasteiger partial charge in [0.1, 0.15) is 22.5 Å². The van der Waals surface area contributed by atoms with Crippen LogP contribution >= 0.6 is 35.6 Å². The Kier molecular flexibility index (Phi) is 5.42. The molecule has 1 heterocycles. The molecule has 0 unspecified atom stereocenters. The molecular formula is C18H13ClFNO2S2. The van der Waals surface area contributed by atoms with Crippen molar-refractivity contribution in [2.24, 2.45) is 0 Å². The summed E-state index contributed by atoms with van der Waals surface area (Å²) in [5, 5.41) is 0.535. The van der Waals surface area contributed by atoms with Crippen molar-refractivity contribution < 1.29 is 13.9 Å². The Morgan fingerprint density at radius 2 is 2.00 bits per heavy atom. The topological polar surface area (TPSA) is 29.5 Å². The second kappa shape index (κ2) is 7.56. The molecule has 2 aromatic carbocycles. The fourth-order valence-corrected chi connectivity index (χ4v) is 3.54. The lowest BCUT2D eigenvalue weighted by molar-refractivity contribution is -0.121. The van der Waals surface area contributed by atoms with Crippen LogP contribution in [0, 0.1) is 5.82 Å². The van der Waals surface area contributed by atoms with Crippen LogP contribution in [0.15, 0.2) is 47.4 Å². The first-order valence-electron chi connectivity index (χ1n) is 7.32. The molecule has 1 saturated heterocycles. The Balaban J connectivity index is 1.84. The normalized spacial score (nSPS) is 16.0. The molecule has 1 fully saturated rings. The van der Waals surface area contributed by atoms with Crippen molar-refractivity contribution >= 4 is 51.9 Å². The number of carbonyl (C=O) groups is 1. The van der Waals surface area contributed by atoms with Crippen molar-refractivity contribution in [3.05, 3.63) is 69.3 Å². The van der Waals surface area contributed by atoms with Gasteiger partial charge in [-0.25, -0.2) is 4.39 Å². The number of hydrogen-bond acceptors (Lipinski definition) is 4. The van der Waals surface area contributed by atoms with Gasteiger partial charge in [-0.05, 0) is 42.0 Å². The third kappa shape index (κ3) is 4.21. The van der Waals surface area contributed by atoms with E-state index in [1.165, 1.54) is 28.8 Å². The molecule has 0 bridgehead atoms. The number of hydrogen-bond donors (Lipinski definition) is 0. The first-order valence-corrected chi connectivity index (χ1v) is 8.92. The van der Waals surface area contributed by atoms with E-state index in [2.05, 4.69) is 0 Å². The van der Waals surface area contributed by atoms with E-state index in [9.17, 15) is 9.18 Å². The van der Waals surface area contributed by atoms with Crippen LogP contribution in [-0.4, -0.2) is 22.2 Å². The maximum Gasteiger partial charge on any atom is 0.265 e. The SMILES string of the molecule is CN1C(=O)/C(=C\c2cc(Cl)ccc2OCc2ccc(F)cc2)SC1=S. The highest BCUT2D eigenvalue weighted by Gasteiger charge is 2.28. The molecule has 3 nitrogen and oxygen atoms in total. The van der Waals surface area contributed by atoms with Gasteiger partial charge in [-0.15, -0.1) is 0 Å². The van der Waals surface area contributed by atoms with Gasteiger partial charge in [-0.1, -0.05) is 47.7 Å². The first kappa shape index (κ1) is 17.9. The van der Waals surface area contributed by atoms with E-state index in [0.717, 1.165) is 5.56 Å². The smallest absolute Gasteiger partial charge is 0.265 e. The molecule has 1 aliphatic rings. The molecule has 0 spiro atoms. The van der Waals surface area contributed by atoms with Crippen LogP contribution in [0.5, 0.6) is 5.75 Å². The molecule has 3 rings (SSSR count). The number of nitrogens with zero attached hydrogens (tertiary/aromatic N) is 1. The molecule has 1 aliphatic heterocycles. The summed E-state index contributed by atoms with van der Waals surface area (Å²) in [6.45, 7) is 0.275. The molecule has 2 aromatic rings. The fraction of sp³-hybridized carbons (Fsp3) is 0.111. The highest BCUT2D eigenvalue weighted by Crippen LogP contribution is 2.34. The number of benzene rings is 2. The van der Waals surface area contributed by atoms with Gasteiger partial charge < -0.3 is 4.74 Å². The van der Waals surface area contributed by atoms with E-state index in [-0.39, 0.29) is 18.3 Å². The van der Waals surface area contributed by atoms with Crippen molar-refractivity contribution in [1.82, 2.24) is 4.90 Å². The van der Waals surface area contributed by atoms with Gasteiger partial charge in [0.25, 0.3) is 5.91 Å². The molecule has 128 valence electrons. The predicted octanol–water partition coefficient (Wildman–Crippen LogP) is 4.89. The first-order chi connectivity index (χ1) is 11.9. The minimum atomic E-state index is -0.294. The minimum Gasteiger partial charge on any atom is -0.488 e. The van der Waals surface area contributed by atoms with Gasteiger partial charge in [-0.2, -0.15) is 0 Å². The van der Waals surface area contributed by atoms with Gasteiger partial charge >= 0.3 is 0 Å². The molecule has 0 aliphatic carbocycles. The molecule has 0 aromatic heterocycles. The maximum atomic E-state index is 13.0. The fourth-order valence-electron chi connectivity index (χ4n) is 2.19. The third-order valence-electron chi connectivity index (χ3n) is 3.55. The van der Waals surface area contributed by atoms with Gasteiger partial charge in [0.2, 0.25) is 0 Å². The minimum absolute atomic E-state index is 0.153. The van der Waals surface area contributed by atoms with Crippen LogP contribution in [-0.2, 0) is 11.4 Å². The predicted molar refractivity (Wildman–Crippen MR) is 103 cm³/mol. The van der Waals surface area contributed by atoms with Crippen LogP contribution in [0.1, 0.15) is 11.1 Å². The summed E-state index contributed by atoms with van der Waals surface area (Å²) < 4.78 is 19.3. The number of thioether (sulfide) groups is 1.